The highest BCUT2D eigenvalue weighted by Crippen LogP contribution is 2.28. The van der Waals surface area contributed by atoms with Crippen LogP contribution in [0.3, 0.4) is 0 Å². The van der Waals surface area contributed by atoms with Crippen molar-refractivity contribution in [3.8, 4) is 5.75 Å². The minimum Gasteiger partial charge on any atom is -0.497 e. The molecule has 1 aliphatic rings. The number of carbonyl (C=O) groups excluding carboxylic acids is 4. The van der Waals surface area contributed by atoms with Crippen LogP contribution >= 0.6 is 11.6 Å². The van der Waals surface area contributed by atoms with Gasteiger partial charge in [0.05, 0.1) is 19.2 Å². The predicted octanol–water partition coefficient (Wildman–Crippen LogP) is 4.08. The zero-order chi connectivity index (χ0) is 26.0. The van der Waals surface area contributed by atoms with Gasteiger partial charge in [-0.25, -0.2) is 9.91 Å². The number of carbonyl (C=O) groups is 4. The number of nitrogens with zero attached hydrogens (tertiary/aromatic N) is 2. The number of rotatable bonds is 5. The standard InChI is InChI=1S/C27H24ClN3O5/c1-16-11-17(2)13-21(12-16)30-24(32)15-23(27(30)35)31(26(34)19-5-4-6-20(28)14-19)29-25(33)18-7-9-22(36-3)10-8-18/h4-14,23H,15H2,1-3H3,(H,29,33). The molecule has 1 unspecified atom stereocenters. The average molecular weight is 506 g/mol. The number of hydrogen-bond donors (Lipinski definition) is 1. The summed E-state index contributed by atoms with van der Waals surface area (Å²) < 4.78 is 5.12. The Bertz CT molecular complexity index is 1340. The third kappa shape index (κ3) is 5.08. The van der Waals surface area contributed by atoms with Crippen LogP contribution in [0.1, 0.15) is 38.3 Å². The van der Waals surface area contributed by atoms with Gasteiger partial charge in [0.15, 0.2) is 0 Å². The van der Waals surface area contributed by atoms with Crippen LogP contribution in [0.15, 0.2) is 66.7 Å². The number of anilines is 1. The van der Waals surface area contributed by atoms with Crippen molar-refractivity contribution in [2.75, 3.05) is 12.0 Å². The summed E-state index contributed by atoms with van der Waals surface area (Å²) in [5.74, 6) is -1.84. The third-order valence-corrected chi connectivity index (χ3v) is 6.00. The van der Waals surface area contributed by atoms with Crippen molar-refractivity contribution < 1.29 is 23.9 Å². The summed E-state index contributed by atoms with van der Waals surface area (Å²) >= 11 is 6.07. The van der Waals surface area contributed by atoms with Crippen molar-refractivity contribution >= 4 is 40.9 Å². The molecule has 0 aromatic heterocycles. The molecule has 0 aliphatic carbocycles. The first-order valence-corrected chi connectivity index (χ1v) is 11.5. The van der Waals surface area contributed by atoms with E-state index in [2.05, 4.69) is 5.43 Å². The van der Waals surface area contributed by atoms with Gasteiger partial charge in [0.25, 0.3) is 17.7 Å². The number of nitrogens with one attached hydrogen (secondary N) is 1. The highest BCUT2D eigenvalue weighted by molar-refractivity contribution is 6.31. The quantitative estimate of drug-likeness (QED) is 0.416. The SMILES string of the molecule is COc1ccc(C(=O)NN(C(=O)c2cccc(Cl)c2)C2CC(=O)N(c3cc(C)cc(C)c3)C2=O)cc1. The van der Waals surface area contributed by atoms with Gasteiger partial charge in [0, 0.05) is 16.1 Å². The monoisotopic (exact) mass is 505 g/mol. The molecule has 3 aromatic carbocycles. The first-order chi connectivity index (χ1) is 17.2. The topological polar surface area (TPSA) is 96.0 Å². The Kier molecular flexibility index (Phi) is 7.07. The highest BCUT2D eigenvalue weighted by atomic mass is 35.5. The number of amides is 4. The predicted molar refractivity (Wildman–Crippen MR) is 135 cm³/mol. The van der Waals surface area contributed by atoms with E-state index in [1.165, 1.54) is 31.4 Å². The van der Waals surface area contributed by atoms with Crippen LogP contribution in [0, 0.1) is 13.8 Å². The summed E-state index contributed by atoms with van der Waals surface area (Å²) in [6.45, 7) is 3.73. The van der Waals surface area contributed by atoms with E-state index in [4.69, 9.17) is 16.3 Å². The molecule has 1 aliphatic heterocycles. The molecular weight excluding hydrogens is 482 g/mol. The summed E-state index contributed by atoms with van der Waals surface area (Å²) in [5, 5.41) is 1.23. The molecule has 4 rings (SSSR count). The minimum atomic E-state index is -1.24. The van der Waals surface area contributed by atoms with Crippen molar-refractivity contribution in [1.29, 1.82) is 0 Å². The number of hydrazine groups is 1. The highest BCUT2D eigenvalue weighted by Gasteiger charge is 2.45. The van der Waals surface area contributed by atoms with Crippen molar-refractivity contribution in [1.82, 2.24) is 10.4 Å². The summed E-state index contributed by atoms with van der Waals surface area (Å²) in [6.07, 6.45) is -0.291. The van der Waals surface area contributed by atoms with E-state index >= 15 is 0 Å². The van der Waals surface area contributed by atoms with Crippen LogP contribution in [-0.2, 0) is 9.59 Å². The molecule has 1 heterocycles. The number of imide groups is 1. The molecule has 0 bridgehead atoms. The Labute approximate surface area is 213 Å². The van der Waals surface area contributed by atoms with Crippen LogP contribution in [0.25, 0.3) is 0 Å². The van der Waals surface area contributed by atoms with Gasteiger partial charge in [-0.2, -0.15) is 0 Å². The zero-order valence-electron chi connectivity index (χ0n) is 19.9. The molecule has 3 aromatic rings. The minimum absolute atomic E-state index is 0.155. The number of hydrogen-bond acceptors (Lipinski definition) is 5. The van der Waals surface area contributed by atoms with Gasteiger partial charge in [0.2, 0.25) is 5.91 Å². The molecule has 1 N–H and O–H groups in total. The van der Waals surface area contributed by atoms with Crippen molar-refractivity contribution in [2.45, 2.75) is 26.3 Å². The van der Waals surface area contributed by atoms with Crippen LogP contribution in [0.4, 0.5) is 5.69 Å². The average Bonchev–Trinajstić information content (AvgIpc) is 3.14. The van der Waals surface area contributed by atoms with E-state index in [1.807, 2.05) is 19.9 Å². The lowest BCUT2D eigenvalue weighted by molar-refractivity contribution is -0.122. The maximum atomic E-state index is 13.5. The fourth-order valence-corrected chi connectivity index (χ4v) is 4.31. The van der Waals surface area contributed by atoms with E-state index in [-0.39, 0.29) is 17.5 Å². The second kappa shape index (κ2) is 10.2. The smallest absolute Gasteiger partial charge is 0.273 e. The fourth-order valence-electron chi connectivity index (χ4n) is 4.12. The van der Waals surface area contributed by atoms with Gasteiger partial charge in [-0.3, -0.25) is 24.6 Å². The fraction of sp³-hybridized carbons (Fsp3) is 0.185. The molecule has 8 nitrogen and oxygen atoms in total. The summed E-state index contributed by atoms with van der Waals surface area (Å²) in [7, 11) is 1.50. The summed E-state index contributed by atoms with van der Waals surface area (Å²) in [6, 6.07) is 16.5. The van der Waals surface area contributed by atoms with Gasteiger partial charge in [-0.05, 0) is 79.6 Å². The lowest BCUT2D eigenvalue weighted by Gasteiger charge is -2.28. The molecule has 184 valence electrons. The maximum absolute atomic E-state index is 13.5. The molecule has 0 saturated carbocycles. The Morgan fingerprint density at radius 3 is 2.25 bits per heavy atom. The van der Waals surface area contributed by atoms with Gasteiger partial charge < -0.3 is 4.74 Å². The largest absolute Gasteiger partial charge is 0.497 e. The molecule has 1 atom stereocenters. The second-order valence-corrected chi connectivity index (χ2v) is 8.92. The van der Waals surface area contributed by atoms with Crippen molar-refractivity contribution in [3.63, 3.8) is 0 Å². The van der Waals surface area contributed by atoms with Gasteiger partial charge in [0.1, 0.15) is 11.8 Å². The first kappa shape index (κ1) is 24.9. The molecule has 4 amide bonds. The summed E-state index contributed by atoms with van der Waals surface area (Å²) in [5.41, 5.74) is 5.12. The maximum Gasteiger partial charge on any atom is 0.273 e. The summed E-state index contributed by atoms with van der Waals surface area (Å²) in [4.78, 5) is 54.1. The van der Waals surface area contributed by atoms with Crippen molar-refractivity contribution in [2.24, 2.45) is 0 Å². The van der Waals surface area contributed by atoms with E-state index < -0.39 is 29.7 Å². The van der Waals surface area contributed by atoms with Gasteiger partial charge >= 0.3 is 0 Å². The number of methoxy groups -OCH3 is 1. The molecule has 1 fully saturated rings. The third-order valence-electron chi connectivity index (χ3n) is 5.76. The lowest BCUT2D eigenvalue weighted by Crippen LogP contribution is -2.54. The van der Waals surface area contributed by atoms with Crippen molar-refractivity contribution in [3.05, 3.63) is 94.0 Å². The van der Waals surface area contributed by atoms with Crippen LogP contribution in [0.5, 0.6) is 5.75 Å². The molecule has 36 heavy (non-hydrogen) atoms. The van der Waals surface area contributed by atoms with E-state index in [0.717, 1.165) is 21.0 Å². The number of ether oxygens (including phenoxy) is 1. The first-order valence-electron chi connectivity index (χ1n) is 11.2. The van der Waals surface area contributed by atoms with Crippen LogP contribution < -0.4 is 15.1 Å². The Morgan fingerprint density at radius 2 is 1.64 bits per heavy atom. The van der Waals surface area contributed by atoms with Gasteiger partial charge in [-0.15, -0.1) is 0 Å². The van der Waals surface area contributed by atoms with E-state index in [9.17, 15) is 19.2 Å². The van der Waals surface area contributed by atoms with E-state index in [0.29, 0.717) is 16.5 Å². The normalized spacial score (nSPS) is 15.1. The number of halogens is 1. The number of aryl methyl sites for hydroxylation is 2. The van der Waals surface area contributed by atoms with Crippen LogP contribution in [0.2, 0.25) is 5.02 Å². The lowest BCUT2D eigenvalue weighted by atomic mass is 10.1. The molecule has 0 spiro atoms. The van der Waals surface area contributed by atoms with Gasteiger partial charge in [-0.1, -0.05) is 23.7 Å². The Morgan fingerprint density at radius 1 is 0.972 bits per heavy atom. The molecule has 1 saturated heterocycles. The molecule has 0 radical (unpaired) electrons. The van der Waals surface area contributed by atoms with E-state index in [1.54, 1.807) is 36.4 Å². The Hall–Kier alpha value is -4.17. The Balaban J connectivity index is 1.69. The van der Waals surface area contributed by atoms with Crippen LogP contribution in [-0.4, -0.2) is 41.8 Å². The zero-order valence-corrected chi connectivity index (χ0v) is 20.7. The number of benzene rings is 3. The molecular formula is C27H24ClN3O5. The second-order valence-electron chi connectivity index (χ2n) is 8.49. The molecule has 9 heteroatoms.